The maximum absolute atomic E-state index is 13.4. The van der Waals surface area contributed by atoms with Crippen LogP contribution in [-0.2, 0) is 10.2 Å². The van der Waals surface area contributed by atoms with Crippen LogP contribution in [0, 0.1) is 11.8 Å². The average Bonchev–Trinajstić information content (AvgIpc) is 3.48. The molecule has 1 saturated heterocycles. The highest BCUT2D eigenvalue weighted by molar-refractivity contribution is 7.80. The van der Waals surface area contributed by atoms with Crippen molar-refractivity contribution in [2.45, 2.75) is 44.6 Å². The van der Waals surface area contributed by atoms with Gasteiger partial charge in [-0.2, -0.15) is 0 Å². The van der Waals surface area contributed by atoms with Gasteiger partial charge in [0.25, 0.3) is 0 Å². The normalized spacial score (nSPS) is 29.3. The van der Waals surface area contributed by atoms with E-state index in [9.17, 15) is 4.79 Å². The number of nitrogens with one attached hydrogen (secondary N) is 2. The second-order valence-electron chi connectivity index (χ2n) is 8.84. The van der Waals surface area contributed by atoms with E-state index in [1.54, 1.807) is 7.11 Å². The van der Waals surface area contributed by atoms with E-state index >= 15 is 0 Å². The first kappa shape index (κ1) is 19.8. The molecule has 0 spiro atoms. The van der Waals surface area contributed by atoms with Crippen molar-refractivity contribution in [1.82, 2.24) is 10.2 Å². The summed E-state index contributed by atoms with van der Waals surface area (Å²) < 4.78 is 5.04. The van der Waals surface area contributed by atoms with Gasteiger partial charge >= 0.3 is 0 Å². The first-order valence-corrected chi connectivity index (χ1v) is 10.8. The molecule has 1 aliphatic heterocycles. The predicted octanol–water partition coefficient (Wildman–Crippen LogP) is 3.19. The first-order valence-electron chi connectivity index (χ1n) is 10.4. The molecule has 2 aliphatic carbocycles. The molecule has 1 aromatic carbocycles. The third-order valence-electron chi connectivity index (χ3n) is 7.00. The highest BCUT2D eigenvalue weighted by Gasteiger charge is 2.52. The number of carbonyl (C=O) groups is 1. The van der Waals surface area contributed by atoms with Crippen molar-refractivity contribution >= 4 is 28.8 Å². The van der Waals surface area contributed by atoms with Crippen molar-refractivity contribution in [1.29, 1.82) is 0 Å². The van der Waals surface area contributed by atoms with Crippen molar-refractivity contribution < 1.29 is 9.53 Å². The molecule has 3 aliphatic rings. The minimum atomic E-state index is 0.0246. The second-order valence-corrected chi connectivity index (χ2v) is 9.25. The molecule has 6 heteroatoms. The molecular formula is C22H31N3O2S. The molecule has 4 rings (SSSR count). The van der Waals surface area contributed by atoms with E-state index in [0.717, 1.165) is 36.7 Å². The Morgan fingerprint density at radius 2 is 2.18 bits per heavy atom. The summed E-state index contributed by atoms with van der Waals surface area (Å²) >= 11 is 5.38. The minimum absolute atomic E-state index is 0.0246. The summed E-state index contributed by atoms with van der Waals surface area (Å²) in [7, 11) is 1.67. The maximum atomic E-state index is 13.4. The third-order valence-corrected chi connectivity index (χ3v) is 7.24. The fourth-order valence-electron chi connectivity index (χ4n) is 4.93. The Hall–Kier alpha value is -1.50. The van der Waals surface area contributed by atoms with Gasteiger partial charge in [0.1, 0.15) is 0 Å². The summed E-state index contributed by atoms with van der Waals surface area (Å²) in [6.45, 7) is 7.98. The quantitative estimate of drug-likeness (QED) is 0.564. The van der Waals surface area contributed by atoms with Crippen LogP contribution in [0.25, 0.3) is 0 Å². The Labute approximate surface area is 173 Å². The van der Waals surface area contributed by atoms with Gasteiger partial charge in [0.15, 0.2) is 10.9 Å². The zero-order valence-electron chi connectivity index (χ0n) is 17.1. The number of hydrogen-bond donors (Lipinski definition) is 2. The molecule has 0 aromatic heterocycles. The lowest BCUT2D eigenvalue weighted by Crippen LogP contribution is -2.61. The largest absolute Gasteiger partial charge is 0.383 e. The molecule has 2 N–H and O–H groups in total. The van der Waals surface area contributed by atoms with Crippen molar-refractivity contribution in [2.75, 3.05) is 38.7 Å². The van der Waals surface area contributed by atoms with Gasteiger partial charge < -0.3 is 15.4 Å². The van der Waals surface area contributed by atoms with E-state index in [2.05, 4.69) is 35.4 Å². The number of Topliss-reactive ketones (excluding diaryl/α,β-unsaturated/α-hetero) is 1. The van der Waals surface area contributed by atoms with E-state index in [4.69, 9.17) is 17.0 Å². The molecule has 1 aromatic rings. The number of carbonyl (C=O) groups excluding carboxylic acids is 1. The molecule has 0 amide bonds. The van der Waals surface area contributed by atoms with E-state index in [1.165, 1.54) is 18.4 Å². The smallest absolute Gasteiger partial charge is 0.180 e. The molecule has 1 unspecified atom stereocenters. The van der Waals surface area contributed by atoms with Crippen LogP contribution in [0.1, 0.15) is 49.0 Å². The van der Waals surface area contributed by atoms with Crippen molar-refractivity contribution in [2.24, 2.45) is 11.8 Å². The van der Waals surface area contributed by atoms with Crippen LogP contribution in [0.4, 0.5) is 5.69 Å². The van der Waals surface area contributed by atoms with Crippen LogP contribution < -0.4 is 10.6 Å². The monoisotopic (exact) mass is 401 g/mol. The summed E-state index contributed by atoms with van der Waals surface area (Å²) in [6, 6.07) is 6.14. The summed E-state index contributed by atoms with van der Waals surface area (Å²) in [4.78, 5) is 15.9. The van der Waals surface area contributed by atoms with E-state index in [0.29, 0.717) is 30.0 Å². The Balaban J connectivity index is 1.57. The number of fused-ring (bicyclic) bond motifs is 4. The number of benzene rings is 1. The topological polar surface area (TPSA) is 53.6 Å². The van der Waals surface area contributed by atoms with Gasteiger partial charge in [-0.1, -0.05) is 13.8 Å². The molecule has 1 heterocycles. The standard InChI is InChI=1S/C22H31N3O2S/c1-14-19-20(26)17-7-6-16(24-21(28)23-9-11-27-3)12-18(17)22(14,2)8-10-25(19)13-15-4-5-15/h6-7,12,14-15,19H,4-5,8-11,13H2,1-3H3,(H2,23,24,28)/t14-,19?,22+/m0/s1. The summed E-state index contributed by atoms with van der Waals surface area (Å²) in [5.41, 5.74) is 3.04. The van der Waals surface area contributed by atoms with Gasteiger partial charge in [-0.3, -0.25) is 9.69 Å². The van der Waals surface area contributed by atoms with Gasteiger partial charge in [-0.05, 0) is 79.0 Å². The van der Waals surface area contributed by atoms with Crippen LogP contribution in [0.2, 0.25) is 0 Å². The molecule has 28 heavy (non-hydrogen) atoms. The van der Waals surface area contributed by atoms with Crippen LogP contribution in [0.3, 0.4) is 0 Å². The third kappa shape index (κ3) is 3.58. The lowest BCUT2D eigenvalue weighted by atomic mass is 9.58. The number of methoxy groups -OCH3 is 1. The van der Waals surface area contributed by atoms with Crippen molar-refractivity contribution in [3.8, 4) is 0 Å². The Morgan fingerprint density at radius 1 is 1.39 bits per heavy atom. The molecule has 2 fully saturated rings. The zero-order valence-corrected chi connectivity index (χ0v) is 17.9. The van der Waals surface area contributed by atoms with E-state index < -0.39 is 0 Å². The molecular weight excluding hydrogens is 370 g/mol. The second kappa shape index (κ2) is 7.73. The Kier molecular flexibility index (Phi) is 5.47. The van der Waals surface area contributed by atoms with Crippen LogP contribution in [0.15, 0.2) is 18.2 Å². The maximum Gasteiger partial charge on any atom is 0.180 e. The van der Waals surface area contributed by atoms with E-state index in [-0.39, 0.29) is 11.5 Å². The molecule has 5 nitrogen and oxygen atoms in total. The van der Waals surface area contributed by atoms with Crippen LogP contribution >= 0.6 is 12.2 Å². The molecule has 2 bridgehead atoms. The minimum Gasteiger partial charge on any atom is -0.383 e. The molecule has 152 valence electrons. The van der Waals surface area contributed by atoms with Crippen molar-refractivity contribution in [3.63, 3.8) is 0 Å². The van der Waals surface area contributed by atoms with Crippen molar-refractivity contribution in [3.05, 3.63) is 29.3 Å². The van der Waals surface area contributed by atoms with Gasteiger partial charge in [0, 0.05) is 31.5 Å². The summed E-state index contributed by atoms with van der Waals surface area (Å²) in [5, 5.41) is 6.97. The fourth-order valence-corrected chi connectivity index (χ4v) is 5.15. The highest BCUT2D eigenvalue weighted by atomic mass is 32.1. The SMILES string of the molecule is COCCNC(=S)Nc1ccc2c(c1)[C@]1(C)CCN(CC3CC3)C(C2=O)[C@@H]1C. The first-order chi connectivity index (χ1) is 13.4. The van der Waals surface area contributed by atoms with E-state index in [1.807, 2.05) is 12.1 Å². The lowest BCUT2D eigenvalue weighted by Gasteiger charge is -2.53. The lowest BCUT2D eigenvalue weighted by molar-refractivity contribution is 0.0266. The molecule has 0 radical (unpaired) electrons. The van der Waals surface area contributed by atoms with Gasteiger partial charge in [0.05, 0.1) is 12.6 Å². The number of ether oxygens (including phenoxy) is 1. The zero-order chi connectivity index (χ0) is 19.9. The number of piperidine rings is 1. The number of thiocarbonyl (C=S) groups is 1. The van der Waals surface area contributed by atoms with Crippen LogP contribution in [-0.4, -0.2) is 55.2 Å². The highest BCUT2D eigenvalue weighted by Crippen LogP contribution is 2.49. The number of anilines is 1. The average molecular weight is 402 g/mol. The number of rotatable bonds is 6. The van der Waals surface area contributed by atoms with Gasteiger partial charge in [-0.15, -0.1) is 0 Å². The number of ketones is 1. The number of hydrogen-bond acceptors (Lipinski definition) is 4. The summed E-state index contributed by atoms with van der Waals surface area (Å²) in [6.07, 6.45) is 3.75. The van der Waals surface area contributed by atoms with Crippen LogP contribution in [0.5, 0.6) is 0 Å². The fraction of sp³-hybridized carbons (Fsp3) is 0.636. The Morgan fingerprint density at radius 3 is 2.89 bits per heavy atom. The number of nitrogens with zero attached hydrogens (tertiary/aromatic N) is 1. The summed E-state index contributed by atoms with van der Waals surface area (Å²) in [5.74, 6) is 1.43. The predicted molar refractivity (Wildman–Crippen MR) is 116 cm³/mol. The molecule has 1 saturated carbocycles. The Bertz CT molecular complexity index is 779. The van der Waals surface area contributed by atoms with Gasteiger partial charge in [-0.25, -0.2) is 0 Å². The number of likely N-dealkylation sites (tertiary alicyclic amines) is 1. The van der Waals surface area contributed by atoms with Gasteiger partial charge in [0.2, 0.25) is 0 Å². The molecule has 3 atom stereocenters.